The van der Waals surface area contributed by atoms with Crippen molar-refractivity contribution in [1.82, 2.24) is 10.3 Å². The van der Waals surface area contributed by atoms with Crippen LogP contribution in [0.3, 0.4) is 0 Å². The average Bonchev–Trinajstić information content (AvgIpc) is 2.77. The minimum absolute atomic E-state index is 0.0850. The number of carbonyl (C=O) groups is 1. The Labute approximate surface area is 109 Å². The van der Waals surface area contributed by atoms with Gasteiger partial charge in [0.25, 0.3) is 5.91 Å². The van der Waals surface area contributed by atoms with Crippen molar-refractivity contribution in [3.63, 3.8) is 0 Å². The van der Waals surface area contributed by atoms with Gasteiger partial charge in [-0.25, -0.2) is 4.98 Å². The zero-order valence-corrected chi connectivity index (χ0v) is 11.2. The molecule has 94 valence electrons. The molecule has 1 aliphatic heterocycles. The highest BCUT2D eigenvalue weighted by Gasteiger charge is 2.33. The second kappa shape index (κ2) is 5.33. The van der Waals surface area contributed by atoms with Gasteiger partial charge >= 0.3 is 0 Å². The standard InChI is InChI=1S/C11H15ClN2O2S/c1-8-13-6-9(17-8)10(15)14-11(7-12)2-4-16-5-3-11/h6H,2-5,7H2,1H3,(H,14,15). The predicted octanol–water partition coefficient (Wildman–Crippen LogP) is 1.97. The van der Waals surface area contributed by atoms with Crippen LogP contribution in [0.5, 0.6) is 0 Å². The molecule has 1 aromatic heterocycles. The molecule has 0 unspecified atom stereocenters. The molecular formula is C11H15ClN2O2S. The van der Waals surface area contributed by atoms with Gasteiger partial charge in [0.15, 0.2) is 0 Å². The number of alkyl halides is 1. The van der Waals surface area contributed by atoms with Crippen molar-refractivity contribution in [1.29, 1.82) is 0 Å². The van der Waals surface area contributed by atoms with E-state index in [1.807, 2.05) is 6.92 Å². The molecule has 0 radical (unpaired) electrons. The Kier molecular flexibility index (Phi) is 4.01. The van der Waals surface area contributed by atoms with Gasteiger partial charge in [-0.1, -0.05) is 0 Å². The Morgan fingerprint density at radius 2 is 2.35 bits per heavy atom. The van der Waals surface area contributed by atoms with E-state index in [1.165, 1.54) is 11.3 Å². The number of halogens is 1. The van der Waals surface area contributed by atoms with Crippen LogP contribution in [0.4, 0.5) is 0 Å². The van der Waals surface area contributed by atoms with E-state index >= 15 is 0 Å². The fourth-order valence-electron chi connectivity index (χ4n) is 1.82. The van der Waals surface area contributed by atoms with Gasteiger partial charge in [0.05, 0.1) is 16.7 Å². The molecule has 0 atom stereocenters. The van der Waals surface area contributed by atoms with Crippen LogP contribution in [0.2, 0.25) is 0 Å². The number of aromatic nitrogens is 1. The molecule has 1 fully saturated rings. The Morgan fingerprint density at radius 1 is 1.65 bits per heavy atom. The largest absolute Gasteiger partial charge is 0.381 e. The number of ether oxygens (including phenoxy) is 1. The lowest BCUT2D eigenvalue weighted by Crippen LogP contribution is -2.53. The molecule has 0 spiro atoms. The molecule has 2 heterocycles. The lowest BCUT2D eigenvalue weighted by atomic mass is 9.92. The average molecular weight is 275 g/mol. The molecule has 17 heavy (non-hydrogen) atoms. The number of aryl methyl sites for hydroxylation is 1. The number of hydrogen-bond acceptors (Lipinski definition) is 4. The minimum Gasteiger partial charge on any atom is -0.381 e. The van der Waals surface area contributed by atoms with Crippen molar-refractivity contribution in [3.05, 3.63) is 16.1 Å². The molecule has 6 heteroatoms. The van der Waals surface area contributed by atoms with Gasteiger partial charge in [-0.15, -0.1) is 22.9 Å². The maximum atomic E-state index is 12.1. The maximum Gasteiger partial charge on any atom is 0.263 e. The Morgan fingerprint density at radius 3 is 2.88 bits per heavy atom. The first-order valence-electron chi connectivity index (χ1n) is 5.54. The monoisotopic (exact) mass is 274 g/mol. The number of nitrogens with one attached hydrogen (secondary N) is 1. The zero-order valence-electron chi connectivity index (χ0n) is 9.66. The van der Waals surface area contributed by atoms with E-state index in [0.29, 0.717) is 24.0 Å². The Bertz CT molecular complexity index is 402. The summed E-state index contributed by atoms with van der Waals surface area (Å²) in [6, 6.07) is 0. The van der Waals surface area contributed by atoms with Crippen molar-refractivity contribution in [3.8, 4) is 0 Å². The first kappa shape index (κ1) is 12.8. The number of thiazole rings is 1. The van der Waals surface area contributed by atoms with Gasteiger partial charge in [-0.3, -0.25) is 4.79 Å². The van der Waals surface area contributed by atoms with Gasteiger partial charge in [-0.2, -0.15) is 0 Å². The topological polar surface area (TPSA) is 51.2 Å². The zero-order chi connectivity index (χ0) is 12.3. The van der Waals surface area contributed by atoms with E-state index in [4.69, 9.17) is 16.3 Å². The molecule has 0 saturated carbocycles. The summed E-state index contributed by atoms with van der Waals surface area (Å²) in [5, 5.41) is 3.92. The Hall–Kier alpha value is -0.650. The van der Waals surface area contributed by atoms with Crippen LogP contribution >= 0.6 is 22.9 Å². The van der Waals surface area contributed by atoms with Gasteiger partial charge in [0.1, 0.15) is 4.88 Å². The van der Waals surface area contributed by atoms with Crippen molar-refractivity contribution >= 4 is 28.8 Å². The van der Waals surface area contributed by atoms with Crippen molar-refractivity contribution in [2.75, 3.05) is 19.1 Å². The quantitative estimate of drug-likeness (QED) is 0.858. The lowest BCUT2D eigenvalue weighted by molar-refractivity contribution is 0.0435. The smallest absolute Gasteiger partial charge is 0.263 e. The maximum absolute atomic E-state index is 12.1. The first-order chi connectivity index (χ1) is 8.15. The van der Waals surface area contributed by atoms with E-state index in [0.717, 1.165) is 17.8 Å². The summed E-state index contributed by atoms with van der Waals surface area (Å²) in [6.07, 6.45) is 3.14. The summed E-state index contributed by atoms with van der Waals surface area (Å²) < 4.78 is 5.30. The number of nitrogens with zero attached hydrogens (tertiary/aromatic N) is 1. The summed E-state index contributed by atoms with van der Waals surface area (Å²) in [5.74, 6) is 0.332. The molecule has 4 nitrogen and oxygen atoms in total. The van der Waals surface area contributed by atoms with E-state index in [1.54, 1.807) is 6.20 Å². The fraction of sp³-hybridized carbons (Fsp3) is 0.636. The van der Waals surface area contributed by atoms with Crippen LogP contribution in [0.25, 0.3) is 0 Å². The molecule has 1 amide bonds. The Balaban J connectivity index is 2.05. The molecule has 0 bridgehead atoms. The van der Waals surface area contributed by atoms with Crippen LogP contribution in [0.1, 0.15) is 27.5 Å². The second-order valence-electron chi connectivity index (χ2n) is 4.22. The highest BCUT2D eigenvalue weighted by Crippen LogP contribution is 2.23. The molecular weight excluding hydrogens is 260 g/mol. The van der Waals surface area contributed by atoms with Crippen LogP contribution in [-0.2, 0) is 4.74 Å². The van der Waals surface area contributed by atoms with Gasteiger partial charge in [0.2, 0.25) is 0 Å². The summed E-state index contributed by atoms with van der Waals surface area (Å²) in [4.78, 5) is 16.8. The van der Waals surface area contributed by atoms with E-state index in [9.17, 15) is 4.79 Å². The molecule has 0 aromatic carbocycles. The van der Waals surface area contributed by atoms with Crippen LogP contribution in [0, 0.1) is 6.92 Å². The number of hydrogen-bond donors (Lipinski definition) is 1. The van der Waals surface area contributed by atoms with E-state index in [2.05, 4.69) is 10.3 Å². The first-order valence-corrected chi connectivity index (χ1v) is 6.89. The third kappa shape index (κ3) is 2.97. The van der Waals surface area contributed by atoms with Gasteiger partial charge < -0.3 is 10.1 Å². The SMILES string of the molecule is Cc1ncc(C(=O)NC2(CCl)CCOCC2)s1. The van der Waals surface area contributed by atoms with Gasteiger partial charge in [-0.05, 0) is 19.8 Å². The fourth-order valence-corrected chi connectivity index (χ4v) is 2.83. The van der Waals surface area contributed by atoms with Gasteiger partial charge in [0, 0.05) is 19.1 Å². The molecule has 2 rings (SSSR count). The van der Waals surface area contributed by atoms with Crippen molar-refractivity contribution in [2.45, 2.75) is 25.3 Å². The van der Waals surface area contributed by atoms with Crippen molar-refractivity contribution < 1.29 is 9.53 Å². The molecule has 1 aliphatic rings. The summed E-state index contributed by atoms with van der Waals surface area (Å²) >= 11 is 7.39. The van der Waals surface area contributed by atoms with Crippen molar-refractivity contribution in [2.24, 2.45) is 0 Å². The normalized spacial score (nSPS) is 18.9. The summed E-state index contributed by atoms with van der Waals surface area (Å²) in [5.41, 5.74) is -0.325. The molecule has 1 saturated heterocycles. The van der Waals surface area contributed by atoms with Crippen LogP contribution in [-0.4, -0.2) is 35.5 Å². The summed E-state index contributed by atoms with van der Waals surface area (Å²) in [6.45, 7) is 3.18. The van der Waals surface area contributed by atoms with Crippen LogP contribution < -0.4 is 5.32 Å². The van der Waals surface area contributed by atoms with Crippen LogP contribution in [0.15, 0.2) is 6.20 Å². The third-order valence-corrected chi connectivity index (χ3v) is 4.35. The molecule has 0 aliphatic carbocycles. The molecule has 1 N–H and O–H groups in total. The highest BCUT2D eigenvalue weighted by molar-refractivity contribution is 7.13. The lowest BCUT2D eigenvalue weighted by Gasteiger charge is -2.36. The third-order valence-electron chi connectivity index (χ3n) is 2.93. The molecule has 1 aromatic rings. The predicted molar refractivity (Wildman–Crippen MR) is 67.8 cm³/mol. The summed E-state index contributed by atoms with van der Waals surface area (Å²) in [7, 11) is 0. The minimum atomic E-state index is -0.325. The van der Waals surface area contributed by atoms with E-state index < -0.39 is 0 Å². The second-order valence-corrected chi connectivity index (χ2v) is 5.73. The number of rotatable bonds is 3. The number of amides is 1. The van der Waals surface area contributed by atoms with E-state index in [-0.39, 0.29) is 11.4 Å². The highest BCUT2D eigenvalue weighted by atomic mass is 35.5. The number of carbonyl (C=O) groups excluding carboxylic acids is 1.